The summed E-state index contributed by atoms with van der Waals surface area (Å²) in [5.41, 5.74) is -1.86. The third kappa shape index (κ3) is 12.0. The van der Waals surface area contributed by atoms with Crippen LogP contribution in [0.4, 0.5) is 0 Å². The predicted molar refractivity (Wildman–Crippen MR) is 349 cm³/mol. The molecular formula is C69H76I2N4O22. The van der Waals surface area contributed by atoms with Gasteiger partial charge in [0.1, 0.15) is 36.6 Å². The minimum absolute atomic E-state index is 0.157. The zero-order valence-corrected chi connectivity index (χ0v) is 57.5. The van der Waals surface area contributed by atoms with E-state index < -0.39 is 113 Å². The first-order valence-electron chi connectivity index (χ1n) is 33.0. The second-order valence-electron chi connectivity index (χ2n) is 26.9. The van der Waals surface area contributed by atoms with Gasteiger partial charge in [0.25, 0.3) is 0 Å². The highest BCUT2D eigenvalue weighted by atomic mass is 127. The molecule has 16 rings (SSSR count). The Morgan fingerprint density at radius 2 is 0.701 bits per heavy atom. The van der Waals surface area contributed by atoms with Gasteiger partial charge in [-0.15, -0.1) is 25.0 Å². The van der Waals surface area contributed by atoms with E-state index >= 15 is 0 Å². The molecule has 0 radical (unpaired) electrons. The fraction of sp³-hybridized carbons (Fsp3) is 0.638. The number of hydrogen-bond donors (Lipinski definition) is 2. The van der Waals surface area contributed by atoms with Crippen molar-refractivity contribution in [3.05, 3.63) is 67.5 Å². The molecule has 4 amide bonds. The Morgan fingerprint density at radius 3 is 0.990 bits per heavy atom. The van der Waals surface area contributed by atoms with Gasteiger partial charge in [-0.05, 0) is 81.7 Å². The number of allylic oxidation sites excluding steroid dienone is 4. The van der Waals surface area contributed by atoms with Gasteiger partial charge < -0.3 is 67.1 Å². The van der Waals surface area contributed by atoms with Crippen LogP contribution >= 0.6 is 45.2 Å². The number of halogens is 2. The van der Waals surface area contributed by atoms with Crippen molar-refractivity contribution in [2.45, 2.75) is 248 Å². The summed E-state index contributed by atoms with van der Waals surface area (Å²) < 4.78 is 75.5. The lowest BCUT2D eigenvalue weighted by molar-refractivity contribution is -0.230. The van der Waals surface area contributed by atoms with Gasteiger partial charge in [-0.3, -0.25) is 58.0 Å². The smallest absolute Gasteiger partial charge is 0.236 e. The Kier molecular flexibility index (Phi) is 19.6. The van der Waals surface area contributed by atoms with E-state index in [1.807, 2.05) is 0 Å². The molecule has 26 nitrogen and oxygen atoms in total. The molecule has 518 valence electrons. The lowest BCUT2D eigenvalue weighted by Crippen LogP contribution is -2.54. The molecule has 0 bridgehead atoms. The van der Waals surface area contributed by atoms with Gasteiger partial charge in [0, 0.05) is 85.0 Å². The van der Waals surface area contributed by atoms with Crippen molar-refractivity contribution in [2.75, 3.05) is 22.1 Å². The van der Waals surface area contributed by atoms with Crippen LogP contribution in [-0.4, -0.2) is 218 Å². The third-order valence-corrected chi connectivity index (χ3v) is 22.6. The monoisotopic (exact) mass is 1570 g/mol. The third-order valence-electron chi connectivity index (χ3n) is 20.8. The maximum atomic E-state index is 12.5. The number of aliphatic hydroxyl groups is 2. The van der Waals surface area contributed by atoms with E-state index in [1.54, 1.807) is 6.08 Å². The number of nitrogens with zero attached hydrogens (tertiary/aromatic N) is 4. The van der Waals surface area contributed by atoms with Crippen LogP contribution in [0.5, 0.6) is 0 Å². The SMILES string of the molecule is C#C[C@@]12OC3(CCCC3)O[C@@H]1[C@@H](CI)O[C@H]2N1C=CC(=O)CC1=O.C#C[C@@]12OC3(CCCC3)O[C@@H]1[C@@H](CO)O[C@H]2N1C=CC(=O)CC1=O.C#C[C@@]12OC3(CCCC3)O[C@@H]1[C@@H](CO)O[C@H]2N1C=CC(=O)CC1=O.C=C=C[C@@]12OC3(CCCC3)O[C@@H]1[C@@H](CI)O[C@H]2N1C=CC(=O)CC1=O. The van der Waals surface area contributed by atoms with E-state index in [4.69, 9.17) is 76.1 Å². The van der Waals surface area contributed by atoms with Crippen molar-refractivity contribution in [3.63, 3.8) is 0 Å². The van der Waals surface area contributed by atoms with Gasteiger partial charge in [-0.1, -0.05) is 69.5 Å². The largest absolute Gasteiger partial charge is 0.394 e. The summed E-state index contributed by atoms with van der Waals surface area (Å²) in [6.07, 6.45) is 36.5. The van der Waals surface area contributed by atoms with Crippen molar-refractivity contribution < 1.29 is 105 Å². The molecule has 4 spiro atoms. The molecule has 0 unspecified atom stereocenters. The first-order valence-corrected chi connectivity index (χ1v) is 36.1. The molecule has 4 saturated carbocycles. The van der Waals surface area contributed by atoms with Gasteiger partial charge in [-0.2, -0.15) is 0 Å². The first kappa shape index (κ1) is 70.1. The molecule has 12 heterocycles. The number of aliphatic hydroxyl groups excluding tert-OH is 2. The molecule has 0 aromatic carbocycles. The molecule has 0 aromatic rings. The highest BCUT2D eigenvalue weighted by molar-refractivity contribution is 14.1. The van der Waals surface area contributed by atoms with Gasteiger partial charge in [-0.25, -0.2) is 0 Å². The number of amides is 4. The molecule has 8 saturated heterocycles. The van der Waals surface area contributed by atoms with Crippen LogP contribution in [0, 0.1) is 37.0 Å². The lowest BCUT2D eigenvalue weighted by Gasteiger charge is -2.37. The Morgan fingerprint density at radius 1 is 0.433 bits per heavy atom. The van der Waals surface area contributed by atoms with Gasteiger partial charge >= 0.3 is 0 Å². The Bertz CT molecular complexity index is 3260. The van der Waals surface area contributed by atoms with Crippen LogP contribution in [0.3, 0.4) is 0 Å². The second kappa shape index (κ2) is 27.2. The minimum Gasteiger partial charge on any atom is -0.394 e. The topological polar surface area (TPSA) is 301 Å². The summed E-state index contributed by atoms with van der Waals surface area (Å²) >= 11 is 4.48. The number of ketones is 4. The van der Waals surface area contributed by atoms with Crippen molar-refractivity contribution in [3.8, 4) is 37.0 Å². The molecule has 16 atom stereocenters. The van der Waals surface area contributed by atoms with Gasteiger partial charge in [0.15, 0.2) is 76.8 Å². The number of alkyl halides is 2. The van der Waals surface area contributed by atoms with Crippen LogP contribution < -0.4 is 0 Å². The average Bonchev–Trinajstić information content (AvgIpc) is 1.58. The number of carbonyl (C=O) groups is 8. The van der Waals surface area contributed by atoms with Crippen LogP contribution in [0.15, 0.2) is 67.5 Å². The standard InChI is InChI=1S/C18H20INO5.C17H18INO5.2C17H19NO6/c1-2-6-18-15(24-17(25-18)7-3-4-8-17)13(11-19)23-16(18)20-9-5-12(21)10-14(20)22;1-2-17-14(23-16(24-17)6-3-4-7-16)12(10-18)22-15(17)19-8-5-11(20)9-13(19)21;2*1-2-17-14(23-16(24-17)6-3-4-7-16)12(10-19)22-15(17)18-8-5-11(20)9-13(18)21/h5-6,9,13,15-16H,1,3-4,7-8,10-11H2;1,5,8,12,14-15H,3-4,6-7,9-10H2;2*1,5,8,12,14-15,19H,3-4,6-7,9-10H2/t13-,15-,16-,18-;3*12-,14-,15-,17-/m1111/s1. The number of terminal acetylenes is 3. The molecule has 16 aliphatic rings. The molecular weight excluding hydrogens is 1490 g/mol. The number of hydrogen-bond acceptors (Lipinski definition) is 22. The molecule has 2 N–H and O–H groups in total. The molecule has 28 heteroatoms. The highest BCUT2D eigenvalue weighted by Crippen LogP contribution is 2.58. The Hall–Kier alpha value is -5.38. The summed E-state index contributed by atoms with van der Waals surface area (Å²) in [6, 6.07) is 0. The summed E-state index contributed by atoms with van der Waals surface area (Å²) in [4.78, 5) is 101. The van der Waals surface area contributed by atoms with Gasteiger partial charge in [0.05, 0.1) is 51.1 Å². The number of fused-ring (bicyclic) bond motifs is 4. The number of rotatable bonds is 9. The Labute approximate surface area is 587 Å². The number of carbonyl (C=O) groups excluding carboxylic acids is 8. The zero-order chi connectivity index (χ0) is 68.5. The van der Waals surface area contributed by atoms with E-state index in [0.717, 1.165) is 103 Å². The van der Waals surface area contributed by atoms with E-state index in [-0.39, 0.29) is 92.2 Å². The minimum atomic E-state index is -1.29. The van der Waals surface area contributed by atoms with Crippen molar-refractivity contribution in [2.24, 2.45) is 0 Å². The highest BCUT2D eigenvalue weighted by Gasteiger charge is 2.74. The quantitative estimate of drug-likeness (QED) is 0.109. The van der Waals surface area contributed by atoms with Crippen molar-refractivity contribution >= 4 is 91.9 Å². The lowest BCUT2D eigenvalue weighted by atomic mass is 9.93. The summed E-state index contributed by atoms with van der Waals surface area (Å²) in [5, 5.41) is 19.3. The summed E-state index contributed by atoms with van der Waals surface area (Å²) in [7, 11) is 0. The predicted octanol–water partition coefficient (Wildman–Crippen LogP) is 3.90. The molecule has 12 aliphatic heterocycles. The average molecular weight is 1570 g/mol. The van der Waals surface area contributed by atoms with E-state index in [9.17, 15) is 48.6 Å². The van der Waals surface area contributed by atoms with E-state index in [2.05, 4.69) is 75.3 Å². The molecule has 4 aliphatic carbocycles. The van der Waals surface area contributed by atoms with Gasteiger partial charge in [0.2, 0.25) is 40.4 Å². The summed E-state index contributed by atoms with van der Waals surface area (Å²) in [6.45, 7) is 3.11. The Balaban J connectivity index is 0.000000117. The van der Waals surface area contributed by atoms with Crippen LogP contribution in [0.1, 0.15) is 128 Å². The van der Waals surface area contributed by atoms with Crippen molar-refractivity contribution in [1.82, 2.24) is 19.6 Å². The van der Waals surface area contributed by atoms with Crippen LogP contribution in [0.2, 0.25) is 0 Å². The van der Waals surface area contributed by atoms with E-state index in [0.29, 0.717) is 8.86 Å². The maximum Gasteiger partial charge on any atom is 0.236 e. The maximum absolute atomic E-state index is 12.5. The normalized spacial score (nSPS) is 40.0. The fourth-order valence-electron chi connectivity index (χ4n) is 16.5. The summed E-state index contributed by atoms with van der Waals surface area (Å²) in [5.74, 6) is 2.79. The first-order chi connectivity index (χ1) is 46.6. The molecule has 12 fully saturated rings. The molecule has 97 heavy (non-hydrogen) atoms. The van der Waals surface area contributed by atoms with Crippen LogP contribution in [-0.2, 0) is 95.2 Å². The van der Waals surface area contributed by atoms with Crippen molar-refractivity contribution in [1.29, 1.82) is 0 Å². The fourth-order valence-corrected chi connectivity index (χ4v) is 17.8. The second-order valence-corrected chi connectivity index (χ2v) is 28.6. The van der Waals surface area contributed by atoms with E-state index in [1.165, 1.54) is 68.7 Å². The number of ether oxygens (including phenoxy) is 12. The molecule has 0 aromatic heterocycles. The van der Waals surface area contributed by atoms with Crippen LogP contribution in [0.25, 0.3) is 0 Å². The zero-order valence-electron chi connectivity index (χ0n) is 53.1.